The zero-order valence-electron chi connectivity index (χ0n) is 21.7. The van der Waals surface area contributed by atoms with Gasteiger partial charge in [-0.25, -0.2) is 0 Å². The first-order valence-electron chi connectivity index (χ1n) is 12.7. The van der Waals surface area contributed by atoms with Crippen LogP contribution in [0.3, 0.4) is 0 Å². The van der Waals surface area contributed by atoms with E-state index in [1.54, 1.807) is 5.32 Å². The average Bonchev–Trinajstić information content (AvgIpc) is 3.70. The number of hydrogen-bond acceptors (Lipinski definition) is 5. The lowest BCUT2D eigenvalue weighted by Gasteiger charge is -2.33. The third-order valence-electron chi connectivity index (χ3n) is 7.67. The highest BCUT2D eigenvalue weighted by molar-refractivity contribution is 5.93. The summed E-state index contributed by atoms with van der Waals surface area (Å²) in [5.41, 5.74) is -1.41. The summed E-state index contributed by atoms with van der Waals surface area (Å²) in [6, 6.07) is -1.66. The zero-order valence-corrected chi connectivity index (χ0v) is 21.7. The molecule has 4 atom stereocenters. The fourth-order valence-corrected chi connectivity index (χ4v) is 4.72. The van der Waals surface area contributed by atoms with E-state index in [1.807, 2.05) is 13.0 Å². The molecule has 0 bridgehead atoms. The molecule has 2 saturated carbocycles. The molecule has 3 aliphatic rings. The van der Waals surface area contributed by atoms with E-state index in [2.05, 4.69) is 16.0 Å². The van der Waals surface area contributed by atoms with Crippen LogP contribution < -0.4 is 21.3 Å². The lowest BCUT2D eigenvalue weighted by molar-refractivity contribution is -0.175. The van der Waals surface area contributed by atoms with Gasteiger partial charge >= 0.3 is 12.1 Å². The highest BCUT2D eigenvalue weighted by Crippen LogP contribution is 2.49. The van der Waals surface area contributed by atoms with Gasteiger partial charge in [0, 0.05) is 15.7 Å². The maximum absolute atomic E-state index is 13.2. The molecule has 12 heteroatoms. The molecule has 4 N–H and O–H groups in total. The predicted octanol–water partition coefficient (Wildman–Crippen LogP) is 2.95. The fourth-order valence-electron chi connectivity index (χ4n) is 4.72. The fraction of sp³-hybridized carbons (Fsp3) is 0.800. The van der Waals surface area contributed by atoms with Gasteiger partial charge in [0.05, 0.1) is 6.07 Å². The molecular weight excluding hydrogens is 491 g/mol. The number of carbonyl (C=O) groups is 4. The van der Waals surface area contributed by atoms with Crippen LogP contribution in [0, 0.1) is 28.1 Å². The lowest BCUT2D eigenvalue weighted by atomic mass is 9.85. The Morgan fingerprint density at radius 2 is 1.70 bits per heavy atom. The molecule has 4 amide bonds. The summed E-state index contributed by atoms with van der Waals surface area (Å²) >= 11 is 0. The van der Waals surface area contributed by atoms with Crippen molar-refractivity contribution in [2.24, 2.45) is 16.7 Å². The van der Waals surface area contributed by atoms with Crippen molar-refractivity contribution >= 4 is 23.6 Å². The van der Waals surface area contributed by atoms with Gasteiger partial charge in [-0.3, -0.25) is 19.2 Å². The molecule has 4 unspecified atom stereocenters. The van der Waals surface area contributed by atoms with Crippen LogP contribution in [-0.4, -0.2) is 53.5 Å². The van der Waals surface area contributed by atoms with Crippen LogP contribution in [0.25, 0.3) is 0 Å². The maximum atomic E-state index is 13.2. The zero-order chi connectivity index (χ0) is 27.8. The van der Waals surface area contributed by atoms with Gasteiger partial charge in [-0.2, -0.15) is 18.4 Å². The van der Waals surface area contributed by atoms with E-state index in [0.29, 0.717) is 6.42 Å². The molecule has 212 valence electrons. The van der Waals surface area contributed by atoms with Crippen molar-refractivity contribution in [3.05, 3.63) is 0 Å². The van der Waals surface area contributed by atoms with Crippen molar-refractivity contribution in [2.75, 3.05) is 0 Å². The summed E-state index contributed by atoms with van der Waals surface area (Å²) in [5.74, 6) is -4.39. The Kier molecular flexibility index (Phi) is 7.87. The van der Waals surface area contributed by atoms with E-state index in [9.17, 15) is 37.6 Å². The molecule has 1 aliphatic heterocycles. The summed E-state index contributed by atoms with van der Waals surface area (Å²) in [6.07, 6.45) is 0.124. The second-order valence-electron chi connectivity index (χ2n) is 12.3. The highest BCUT2D eigenvalue weighted by Gasteiger charge is 2.49. The first-order chi connectivity index (χ1) is 17.0. The Bertz CT molecular complexity index is 992. The van der Waals surface area contributed by atoms with Crippen LogP contribution in [0.15, 0.2) is 0 Å². The summed E-state index contributed by atoms with van der Waals surface area (Å²) < 4.78 is 38.6. The molecule has 0 aromatic heterocycles. The number of nitriles is 1. The second kappa shape index (κ2) is 10.1. The van der Waals surface area contributed by atoms with Crippen molar-refractivity contribution in [3.63, 3.8) is 0 Å². The van der Waals surface area contributed by atoms with Gasteiger partial charge in [-0.05, 0) is 62.2 Å². The molecule has 1 saturated heterocycles. The van der Waals surface area contributed by atoms with E-state index in [-0.39, 0.29) is 34.0 Å². The minimum atomic E-state index is -5.17. The van der Waals surface area contributed by atoms with Gasteiger partial charge in [0.25, 0.3) is 0 Å². The number of rotatable bonds is 9. The van der Waals surface area contributed by atoms with Crippen molar-refractivity contribution in [1.29, 1.82) is 5.26 Å². The van der Waals surface area contributed by atoms with Gasteiger partial charge in [-0.15, -0.1) is 0 Å². The Labute approximate surface area is 219 Å². The number of carbonyl (C=O) groups excluding carboxylic acids is 4. The minimum absolute atomic E-state index is 0. The van der Waals surface area contributed by atoms with Gasteiger partial charge in [0.15, 0.2) is 0 Å². The Balaban J connectivity index is 0.00000507. The topological polar surface area (TPSA) is 140 Å². The second-order valence-corrected chi connectivity index (χ2v) is 12.3. The van der Waals surface area contributed by atoms with Gasteiger partial charge in [0.2, 0.25) is 17.7 Å². The molecule has 1 heterocycles. The summed E-state index contributed by atoms with van der Waals surface area (Å²) in [7, 11) is 0. The SMILES string of the molecule is CC1(CC(NC(=O)C(NC(=O)C(F)(F)F)C(C)(C)C)C(=O)NC(C#N)CC2CCC3(CC3)NC2=O)CC1.[HH].[HH].[HH]. The van der Waals surface area contributed by atoms with Crippen molar-refractivity contribution in [3.8, 4) is 6.07 Å². The molecule has 9 nitrogen and oxygen atoms in total. The van der Waals surface area contributed by atoms with E-state index in [4.69, 9.17) is 0 Å². The third kappa shape index (κ3) is 7.58. The molecular formula is C25H42F3N5O4. The largest absolute Gasteiger partial charge is 0.471 e. The van der Waals surface area contributed by atoms with Crippen LogP contribution in [0.2, 0.25) is 0 Å². The Hall–Kier alpha value is -2.84. The number of halogens is 3. The van der Waals surface area contributed by atoms with E-state index in [1.165, 1.54) is 20.8 Å². The van der Waals surface area contributed by atoms with Crippen LogP contribution in [0.4, 0.5) is 13.2 Å². The number of piperidine rings is 1. The molecule has 3 fully saturated rings. The first kappa shape index (κ1) is 28.7. The molecule has 37 heavy (non-hydrogen) atoms. The molecule has 1 spiro atoms. The summed E-state index contributed by atoms with van der Waals surface area (Å²) in [5, 5.41) is 19.5. The molecule has 0 aromatic carbocycles. The lowest BCUT2D eigenvalue weighted by Crippen LogP contribution is -2.60. The van der Waals surface area contributed by atoms with Gasteiger partial charge < -0.3 is 21.3 Å². The Morgan fingerprint density at radius 1 is 1.08 bits per heavy atom. The van der Waals surface area contributed by atoms with Crippen LogP contribution in [0.5, 0.6) is 0 Å². The van der Waals surface area contributed by atoms with Crippen molar-refractivity contribution in [2.45, 2.75) is 109 Å². The van der Waals surface area contributed by atoms with Crippen LogP contribution in [-0.2, 0) is 19.2 Å². The molecule has 3 rings (SSSR count). The Morgan fingerprint density at radius 3 is 2.16 bits per heavy atom. The average molecular weight is 534 g/mol. The summed E-state index contributed by atoms with van der Waals surface area (Å²) in [4.78, 5) is 50.3. The summed E-state index contributed by atoms with van der Waals surface area (Å²) in [6.45, 7) is 6.42. The highest BCUT2D eigenvalue weighted by atomic mass is 19.4. The predicted molar refractivity (Wildman–Crippen MR) is 133 cm³/mol. The van der Waals surface area contributed by atoms with E-state index in [0.717, 1.165) is 32.1 Å². The normalized spacial score (nSPS) is 24.1. The smallest absolute Gasteiger partial charge is 0.350 e. The minimum Gasteiger partial charge on any atom is -0.350 e. The number of hydrogen-bond donors (Lipinski definition) is 4. The number of nitrogens with one attached hydrogen (secondary N) is 4. The monoisotopic (exact) mass is 533 g/mol. The quantitative estimate of drug-likeness (QED) is 0.361. The van der Waals surface area contributed by atoms with Crippen LogP contribution in [0.1, 0.15) is 83.3 Å². The number of amides is 4. The first-order valence-corrected chi connectivity index (χ1v) is 12.7. The molecule has 0 radical (unpaired) electrons. The molecule has 2 aliphatic carbocycles. The van der Waals surface area contributed by atoms with Gasteiger partial charge in [0.1, 0.15) is 18.1 Å². The standard InChI is InChI=1S/C25H36F3N5O4.3H2/c1-22(2,3)17(32-21(37)25(26,27)28)20(36)31-16(12-23(4)7-8-23)19(35)30-15(13-29)11-14-5-6-24(9-10-24)33-18(14)34;;;/h14-17H,5-12H2,1-4H3,(H,30,35)(H,31,36)(H,32,37)(H,33,34);3*1H. The van der Waals surface area contributed by atoms with Crippen LogP contribution >= 0.6 is 0 Å². The van der Waals surface area contributed by atoms with E-state index < -0.39 is 53.4 Å². The number of nitrogens with zero attached hydrogens (tertiary/aromatic N) is 1. The maximum Gasteiger partial charge on any atom is 0.471 e. The molecule has 0 aromatic rings. The van der Waals surface area contributed by atoms with Gasteiger partial charge in [-0.1, -0.05) is 27.7 Å². The van der Waals surface area contributed by atoms with E-state index >= 15 is 0 Å². The number of alkyl halides is 3. The van der Waals surface area contributed by atoms with Crippen molar-refractivity contribution < 1.29 is 36.6 Å². The van der Waals surface area contributed by atoms with Crippen molar-refractivity contribution in [1.82, 2.24) is 21.3 Å². The third-order valence-corrected chi connectivity index (χ3v) is 7.67.